The molecule has 0 spiro atoms. The Kier molecular flexibility index (Phi) is 7.15. The third-order valence-corrected chi connectivity index (χ3v) is 5.02. The van der Waals surface area contributed by atoms with Crippen LogP contribution in [0.5, 0.6) is 0 Å². The van der Waals surface area contributed by atoms with Crippen molar-refractivity contribution < 1.29 is 23.6 Å². The smallest absolute Gasteiger partial charge is 0.369 e. The van der Waals surface area contributed by atoms with Gasteiger partial charge in [0.15, 0.2) is 0 Å². The van der Waals surface area contributed by atoms with E-state index in [1.165, 1.54) is 0 Å². The third-order valence-electron chi connectivity index (χ3n) is 2.24. The SMILES string of the molecule is CCCC(O)(C[N+](=O)[O-])P(=O)(OC(C)C)OC(C)C. The van der Waals surface area contributed by atoms with Gasteiger partial charge in [0.2, 0.25) is 11.9 Å². The molecule has 0 bridgehead atoms. The van der Waals surface area contributed by atoms with Gasteiger partial charge in [0.05, 0.1) is 12.2 Å². The van der Waals surface area contributed by atoms with Crippen LogP contribution in [0, 0.1) is 10.1 Å². The van der Waals surface area contributed by atoms with E-state index in [1.807, 2.05) is 0 Å². The standard InChI is InChI=1S/C11H24NO6P/c1-6-7-11(13,8-12(14)15)19(16,17-9(2)3)18-10(4)5/h9-10,13H,6-8H2,1-5H3. The van der Waals surface area contributed by atoms with Crippen molar-refractivity contribution >= 4 is 7.60 Å². The van der Waals surface area contributed by atoms with E-state index >= 15 is 0 Å². The van der Waals surface area contributed by atoms with E-state index in [2.05, 4.69) is 0 Å². The van der Waals surface area contributed by atoms with Crippen molar-refractivity contribution in [3.05, 3.63) is 10.1 Å². The third kappa shape index (κ3) is 5.57. The van der Waals surface area contributed by atoms with Crippen molar-refractivity contribution in [2.45, 2.75) is 65.0 Å². The summed E-state index contributed by atoms with van der Waals surface area (Å²) < 4.78 is 23.3. The molecule has 1 N–H and O–H groups in total. The van der Waals surface area contributed by atoms with E-state index in [9.17, 15) is 19.8 Å². The molecule has 19 heavy (non-hydrogen) atoms. The Morgan fingerprint density at radius 3 is 1.95 bits per heavy atom. The van der Waals surface area contributed by atoms with Crippen molar-refractivity contribution in [2.75, 3.05) is 6.54 Å². The molecule has 114 valence electrons. The lowest BCUT2D eigenvalue weighted by molar-refractivity contribution is -0.495. The van der Waals surface area contributed by atoms with Gasteiger partial charge in [-0.1, -0.05) is 13.3 Å². The number of hydrogen-bond acceptors (Lipinski definition) is 6. The fourth-order valence-electron chi connectivity index (χ4n) is 1.69. The second kappa shape index (κ2) is 7.33. The highest BCUT2D eigenvalue weighted by molar-refractivity contribution is 7.55. The minimum atomic E-state index is -4.01. The molecule has 0 saturated heterocycles. The van der Waals surface area contributed by atoms with Crippen molar-refractivity contribution in [1.82, 2.24) is 0 Å². The van der Waals surface area contributed by atoms with E-state index in [0.29, 0.717) is 6.42 Å². The molecule has 0 radical (unpaired) electrons. The zero-order valence-electron chi connectivity index (χ0n) is 12.2. The number of nitrogens with zero attached hydrogens (tertiary/aromatic N) is 1. The van der Waals surface area contributed by atoms with Gasteiger partial charge in [-0.2, -0.15) is 0 Å². The van der Waals surface area contributed by atoms with Crippen LogP contribution in [0.15, 0.2) is 0 Å². The molecule has 0 aliphatic carbocycles. The molecule has 7 nitrogen and oxygen atoms in total. The lowest BCUT2D eigenvalue weighted by Gasteiger charge is -2.33. The van der Waals surface area contributed by atoms with Crippen LogP contribution in [0.3, 0.4) is 0 Å². The molecule has 0 amide bonds. The Balaban J connectivity index is 5.46. The molecule has 0 aromatic carbocycles. The van der Waals surface area contributed by atoms with Crippen molar-refractivity contribution in [1.29, 1.82) is 0 Å². The zero-order valence-corrected chi connectivity index (χ0v) is 13.1. The van der Waals surface area contributed by atoms with Crippen molar-refractivity contribution in [3.8, 4) is 0 Å². The normalized spacial score (nSPS) is 15.8. The summed E-state index contributed by atoms with van der Waals surface area (Å²) in [7, 11) is -4.01. The first kappa shape index (κ1) is 18.5. The predicted octanol–water partition coefficient (Wildman–Crippen LogP) is 2.79. The Morgan fingerprint density at radius 2 is 1.68 bits per heavy atom. The van der Waals surface area contributed by atoms with Crippen LogP contribution in [0.4, 0.5) is 0 Å². The second-order valence-electron chi connectivity index (χ2n) is 5.03. The summed E-state index contributed by atoms with van der Waals surface area (Å²) >= 11 is 0. The molecule has 0 aliphatic rings. The van der Waals surface area contributed by atoms with Gasteiger partial charge in [0, 0.05) is 4.92 Å². The van der Waals surface area contributed by atoms with E-state index in [-0.39, 0.29) is 6.42 Å². The van der Waals surface area contributed by atoms with Crippen LogP contribution in [-0.4, -0.2) is 34.1 Å². The molecular weight excluding hydrogens is 273 g/mol. The Hall–Kier alpha value is -0.490. The number of nitro groups is 1. The minimum absolute atomic E-state index is 0.0231. The minimum Gasteiger partial charge on any atom is -0.372 e. The summed E-state index contributed by atoms with van der Waals surface area (Å²) in [6.45, 7) is 7.41. The first-order valence-corrected chi connectivity index (χ1v) is 7.91. The maximum atomic E-state index is 12.8. The van der Waals surface area contributed by atoms with Gasteiger partial charge >= 0.3 is 7.60 Å². The van der Waals surface area contributed by atoms with Crippen LogP contribution in [0.25, 0.3) is 0 Å². The van der Waals surface area contributed by atoms with Gasteiger partial charge in [-0.05, 0) is 34.1 Å². The van der Waals surface area contributed by atoms with Crippen molar-refractivity contribution in [3.63, 3.8) is 0 Å². The summed E-state index contributed by atoms with van der Waals surface area (Å²) in [6, 6.07) is 0. The number of hydrogen-bond donors (Lipinski definition) is 1. The van der Waals surface area contributed by atoms with Gasteiger partial charge in [-0.25, -0.2) is 0 Å². The molecule has 1 atom stereocenters. The average molecular weight is 297 g/mol. The van der Waals surface area contributed by atoms with Gasteiger partial charge in [-0.15, -0.1) is 0 Å². The predicted molar refractivity (Wildman–Crippen MR) is 71.8 cm³/mol. The number of rotatable bonds is 9. The summed E-state index contributed by atoms with van der Waals surface area (Å²) in [4.78, 5) is 10.0. The molecule has 0 aromatic heterocycles. The lowest BCUT2D eigenvalue weighted by atomic mass is 10.2. The van der Waals surface area contributed by atoms with Crippen LogP contribution in [-0.2, 0) is 13.6 Å². The quantitative estimate of drug-likeness (QED) is 0.399. The van der Waals surface area contributed by atoms with E-state index < -0.39 is 36.6 Å². The van der Waals surface area contributed by atoms with Gasteiger partial charge in [-0.3, -0.25) is 14.7 Å². The highest BCUT2D eigenvalue weighted by Gasteiger charge is 2.54. The molecule has 0 heterocycles. The van der Waals surface area contributed by atoms with Gasteiger partial charge < -0.3 is 14.2 Å². The van der Waals surface area contributed by atoms with E-state index in [4.69, 9.17) is 9.05 Å². The van der Waals surface area contributed by atoms with Crippen LogP contribution in [0.2, 0.25) is 0 Å². The summed E-state index contributed by atoms with van der Waals surface area (Å²) in [5.41, 5.74) is 0. The Labute approximate surface area is 114 Å². The molecule has 1 unspecified atom stereocenters. The largest absolute Gasteiger partial charge is 0.372 e. The molecule has 0 aromatic rings. The summed E-state index contributed by atoms with van der Waals surface area (Å²) in [5, 5.41) is 19.1. The maximum absolute atomic E-state index is 12.8. The van der Waals surface area contributed by atoms with Crippen molar-refractivity contribution in [2.24, 2.45) is 0 Å². The Bertz CT molecular complexity index is 332. The first-order valence-electron chi connectivity index (χ1n) is 6.37. The topological polar surface area (TPSA) is 98.9 Å². The second-order valence-corrected chi connectivity index (χ2v) is 7.28. The van der Waals surface area contributed by atoms with Crippen LogP contribution in [0.1, 0.15) is 47.5 Å². The molecular formula is C11H24NO6P. The Morgan fingerprint density at radius 1 is 1.26 bits per heavy atom. The first-order chi connectivity index (χ1) is 8.56. The fourth-order valence-corrected chi connectivity index (χ4v) is 4.02. The van der Waals surface area contributed by atoms with E-state index in [0.717, 1.165) is 0 Å². The van der Waals surface area contributed by atoms with Crippen LogP contribution < -0.4 is 0 Å². The number of aliphatic hydroxyl groups is 1. The molecule has 0 aliphatic heterocycles. The van der Waals surface area contributed by atoms with Crippen LogP contribution >= 0.6 is 7.60 Å². The fraction of sp³-hybridized carbons (Fsp3) is 1.00. The van der Waals surface area contributed by atoms with Gasteiger partial charge in [0.1, 0.15) is 0 Å². The molecule has 0 saturated carbocycles. The average Bonchev–Trinajstić information content (AvgIpc) is 2.12. The maximum Gasteiger partial charge on any atom is 0.369 e. The summed E-state index contributed by atoms with van der Waals surface area (Å²) in [6.07, 6.45) is -0.540. The van der Waals surface area contributed by atoms with E-state index in [1.54, 1.807) is 34.6 Å². The molecule has 0 rings (SSSR count). The molecule has 0 fully saturated rings. The zero-order chi connectivity index (χ0) is 15.3. The highest BCUT2D eigenvalue weighted by atomic mass is 31.2. The van der Waals surface area contributed by atoms with Gasteiger partial charge in [0.25, 0.3) is 0 Å². The monoisotopic (exact) mass is 297 g/mol. The highest BCUT2D eigenvalue weighted by Crippen LogP contribution is 2.62. The lowest BCUT2D eigenvalue weighted by Crippen LogP contribution is -2.39. The molecule has 8 heteroatoms. The summed E-state index contributed by atoms with van der Waals surface area (Å²) in [5.74, 6) is 0.